The first-order valence-corrected chi connectivity index (χ1v) is 5.87. The molecule has 0 unspecified atom stereocenters. The van der Waals surface area contributed by atoms with Gasteiger partial charge in [-0.1, -0.05) is 22.0 Å². The number of halogens is 1. The Morgan fingerprint density at radius 1 is 1.50 bits per heavy atom. The Bertz CT molecular complexity index is 471. The third kappa shape index (κ3) is 1.50. The molecule has 0 aromatic heterocycles. The van der Waals surface area contributed by atoms with Gasteiger partial charge in [0.25, 0.3) is 0 Å². The van der Waals surface area contributed by atoms with Crippen LogP contribution in [0, 0.1) is 17.0 Å². The summed E-state index contributed by atoms with van der Waals surface area (Å²) in [6.07, 6.45) is 0. The van der Waals surface area contributed by atoms with Crippen LogP contribution in [0.15, 0.2) is 12.1 Å². The lowest BCUT2D eigenvalue weighted by Gasteiger charge is -2.21. The smallest absolute Gasteiger partial charge is 0.311 e. The van der Waals surface area contributed by atoms with E-state index < -0.39 is 10.5 Å². The third-order valence-electron chi connectivity index (χ3n) is 2.82. The summed E-state index contributed by atoms with van der Waals surface area (Å²) >= 11 is 3.55. The average molecular weight is 286 g/mol. The summed E-state index contributed by atoms with van der Waals surface area (Å²) in [4.78, 5) is 10.5. The van der Waals surface area contributed by atoms with E-state index in [9.17, 15) is 10.1 Å². The summed E-state index contributed by atoms with van der Waals surface area (Å²) in [5, 5.41) is 10.9. The molecule has 86 valence electrons. The minimum atomic E-state index is -0.459. The van der Waals surface area contributed by atoms with E-state index in [-0.39, 0.29) is 10.5 Å². The first-order chi connectivity index (χ1) is 7.34. The number of rotatable bonds is 1. The normalized spacial score (nSPS) is 21.4. The standard InChI is InChI=1S/C11H12BrNO3/c1-6-4-5-7(13(14)15)9-8(6)10(12)11(2,3)16-9/h4-5,10H,1-3H3/t10-/m0/s1. The van der Waals surface area contributed by atoms with Crippen LogP contribution in [0.1, 0.15) is 29.8 Å². The van der Waals surface area contributed by atoms with Crippen LogP contribution in [0.4, 0.5) is 5.69 Å². The van der Waals surface area contributed by atoms with Crippen LogP contribution in [-0.4, -0.2) is 10.5 Å². The molecule has 5 heteroatoms. The highest BCUT2D eigenvalue weighted by atomic mass is 79.9. The number of alkyl halides is 1. The van der Waals surface area contributed by atoms with Crippen LogP contribution in [0.2, 0.25) is 0 Å². The maximum atomic E-state index is 10.9. The minimum absolute atomic E-state index is 0.0186. The van der Waals surface area contributed by atoms with Gasteiger partial charge in [-0.25, -0.2) is 0 Å². The second kappa shape index (κ2) is 3.45. The van der Waals surface area contributed by atoms with Crippen molar-refractivity contribution in [2.24, 2.45) is 0 Å². The van der Waals surface area contributed by atoms with E-state index in [0.29, 0.717) is 5.75 Å². The van der Waals surface area contributed by atoms with Gasteiger partial charge in [0.1, 0.15) is 5.60 Å². The average Bonchev–Trinajstić information content (AvgIpc) is 2.38. The quantitative estimate of drug-likeness (QED) is 0.451. The van der Waals surface area contributed by atoms with Gasteiger partial charge >= 0.3 is 5.69 Å². The number of hydrogen-bond donors (Lipinski definition) is 0. The molecule has 0 bridgehead atoms. The van der Waals surface area contributed by atoms with Crippen LogP contribution in [0.3, 0.4) is 0 Å². The highest BCUT2D eigenvalue weighted by Crippen LogP contribution is 2.52. The van der Waals surface area contributed by atoms with E-state index >= 15 is 0 Å². The molecule has 0 saturated carbocycles. The molecule has 1 heterocycles. The maximum absolute atomic E-state index is 10.9. The molecule has 16 heavy (non-hydrogen) atoms. The van der Waals surface area contributed by atoms with Gasteiger partial charge in [0.15, 0.2) is 0 Å². The number of hydrogen-bond acceptors (Lipinski definition) is 3. The van der Waals surface area contributed by atoms with Crippen molar-refractivity contribution in [2.45, 2.75) is 31.2 Å². The largest absolute Gasteiger partial charge is 0.479 e. The molecular formula is C11H12BrNO3. The number of fused-ring (bicyclic) bond motifs is 1. The Kier molecular flexibility index (Phi) is 2.45. The Labute approximate surface area is 102 Å². The number of nitro benzene ring substituents is 1. The Morgan fingerprint density at radius 2 is 2.12 bits per heavy atom. The van der Waals surface area contributed by atoms with Crippen molar-refractivity contribution in [3.8, 4) is 5.75 Å². The van der Waals surface area contributed by atoms with E-state index in [1.165, 1.54) is 6.07 Å². The highest BCUT2D eigenvalue weighted by Gasteiger charge is 2.44. The molecule has 0 radical (unpaired) electrons. The first-order valence-electron chi connectivity index (χ1n) is 4.95. The zero-order chi connectivity index (χ0) is 12.1. The second-order valence-corrected chi connectivity index (χ2v) is 5.39. The molecule has 0 N–H and O–H groups in total. The lowest BCUT2D eigenvalue weighted by molar-refractivity contribution is -0.386. The van der Waals surface area contributed by atoms with Crippen LogP contribution in [-0.2, 0) is 0 Å². The van der Waals surface area contributed by atoms with Crippen LogP contribution < -0.4 is 4.74 Å². The Balaban J connectivity index is 2.67. The predicted octanol–water partition coefficient (Wildman–Crippen LogP) is 3.51. The molecule has 0 fully saturated rings. The van der Waals surface area contributed by atoms with Crippen molar-refractivity contribution < 1.29 is 9.66 Å². The molecule has 0 spiro atoms. The van der Waals surface area contributed by atoms with Crippen molar-refractivity contribution in [3.63, 3.8) is 0 Å². The van der Waals surface area contributed by atoms with Gasteiger partial charge in [0.2, 0.25) is 5.75 Å². The second-order valence-electron chi connectivity index (χ2n) is 4.47. The molecule has 1 aromatic rings. The van der Waals surface area contributed by atoms with Gasteiger partial charge in [-0.3, -0.25) is 10.1 Å². The SMILES string of the molecule is Cc1ccc([N+](=O)[O-])c2c1[C@H](Br)C(C)(C)O2. The highest BCUT2D eigenvalue weighted by molar-refractivity contribution is 9.09. The first kappa shape index (κ1) is 11.4. The van der Waals surface area contributed by atoms with E-state index in [1.807, 2.05) is 20.8 Å². The Hall–Kier alpha value is -1.10. The summed E-state index contributed by atoms with van der Waals surface area (Å²) < 4.78 is 5.69. The molecule has 1 aliphatic heterocycles. The van der Waals surface area contributed by atoms with Gasteiger partial charge in [0.05, 0.1) is 9.75 Å². The summed E-state index contributed by atoms with van der Waals surface area (Å²) in [5.74, 6) is 0.400. The molecule has 1 aromatic carbocycles. The van der Waals surface area contributed by atoms with E-state index in [2.05, 4.69) is 15.9 Å². The van der Waals surface area contributed by atoms with Crippen molar-refractivity contribution >= 4 is 21.6 Å². The van der Waals surface area contributed by atoms with Gasteiger partial charge in [0, 0.05) is 11.6 Å². The fraction of sp³-hybridized carbons (Fsp3) is 0.455. The maximum Gasteiger partial charge on any atom is 0.311 e. The molecule has 4 nitrogen and oxygen atoms in total. The minimum Gasteiger partial charge on any atom is -0.479 e. The van der Waals surface area contributed by atoms with Gasteiger partial charge < -0.3 is 4.74 Å². The Morgan fingerprint density at radius 3 is 2.69 bits per heavy atom. The molecule has 0 saturated heterocycles. The molecule has 1 aliphatic rings. The number of benzene rings is 1. The van der Waals surface area contributed by atoms with Gasteiger partial charge in [-0.05, 0) is 26.3 Å². The number of nitro groups is 1. The zero-order valence-electron chi connectivity index (χ0n) is 9.28. The van der Waals surface area contributed by atoms with E-state index in [0.717, 1.165) is 11.1 Å². The van der Waals surface area contributed by atoms with Gasteiger partial charge in [-0.2, -0.15) is 0 Å². The summed E-state index contributed by atoms with van der Waals surface area (Å²) in [6.45, 7) is 5.76. The monoisotopic (exact) mass is 285 g/mol. The van der Waals surface area contributed by atoms with Crippen molar-refractivity contribution in [1.82, 2.24) is 0 Å². The molecular weight excluding hydrogens is 274 g/mol. The zero-order valence-corrected chi connectivity index (χ0v) is 10.9. The predicted molar refractivity (Wildman–Crippen MR) is 64.2 cm³/mol. The van der Waals surface area contributed by atoms with E-state index in [4.69, 9.17) is 4.74 Å². The summed E-state index contributed by atoms with van der Waals surface area (Å²) in [6, 6.07) is 3.26. The van der Waals surface area contributed by atoms with Crippen LogP contribution in [0.25, 0.3) is 0 Å². The van der Waals surface area contributed by atoms with Gasteiger partial charge in [-0.15, -0.1) is 0 Å². The number of nitrogens with zero attached hydrogens (tertiary/aromatic N) is 1. The van der Waals surface area contributed by atoms with Crippen LogP contribution >= 0.6 is 15.9 Å². The van der Waals surface area contributed by atoms with Crippen molar-refractivity contribution in [3.05, 3.63) is 33.4 Å². The van der Waals surface area contributed by atoms with Crippen LogP contribution in [0.5, 0.6) is 5.75 Å². The van der Waals surface area contributed by atoms with E-state index in [1.54, 1.807) is 6.07 Å². The molecule has 1 atom stereocenters. The fourth-order valence-electron chi connectivity index (χ4n) is 1.91. The summed E-state index contributed by atoms with van der Waals surface area (Å²) in [5.41, 5.74) is 1.47. The number of aryl methyl sites for hydroxylation is 1. The lowest BCUT2D eigenvalue weighted by Crippen LogP contribution is -2.27. The van der Waals surface area contributed by atoms with Crippen molar-refractivity contribution in [1.29, 1.82) is 0 Å². The van der Waals surface area contributed by atoms with Crippen molar-refractivity contribution in [2.75, 3.05) is 0 Å². The summed E-state index contributed by atoms with van der Waals surface area (Å²) in [7, 11) is 0. The fourth-order valence-corrected chi connectivity index (χ4v) is 2.58. The molecule has 2 rings (SSSR count). The number of ether oxygens (including phenoxy) is 1. The molecule has 0 aliphatic carbocycles. The topological polar surface area (TPSA) is 52.4 Å². The molecule has 0 amide bonds. The third-order valence-corrected chi connectivity index (χ3v) is 4.38. The lowest BCUT2D eigenvalue weighted by atomic mass is 9.97.